The minimum Gasteiger partial charge on any atom is -0.348 e. The topological polar surface area (TPSA) is 70.5 Å². The summed E-state index contributed by atoms with van der Waals surface area (Å²) in [4.78, 5) is 28.5. The first kappa shape index (κ1) is 25.2. The smallest absolute Gasteiger partial charge is 0.254 e. The van der Waals surface area contributed by atoms with Crippen molar-refractivity contribution >= 4 is 45.9 Å². The zero-order valence-corrected chi connectivity index (χ0v) is 22.1. The SMILES string of the molecule is O=C(NCc1ccc(CN(CC2=NCCS2)C2CCCc3cccnc32)cc1)c1c(Cl)cncc1Cl. The molecule has 1 aliphatic carbocycles. The van der Waals surface area contributed by atoms with E-state index in [1.165, 1.54) is 40.7 Å². The van der Waals surface area contributed by atoms with Gasteiger partial charge in [-0.25, -0.2) is 0 Å². The van der Waals surface area contributed by atoms with E-state index in [0.717, 1.165) is 43.8 Å². The summed E-state index contributed by atoms with van der Waals surface area (Å²) in [6.07, 6.45) is 8.11. The lowest BCUT2D eigenvalue weighted by Gasteiger charge is -2.35. The summed E-state index contributed by atoms with van der Waals surface area (Å²) < 4.78 is 0. The first-order valence-electron chi connectivity index (χ1n) is 12.1. The molecule has 5 rings (SSSR count). The van der Waals surface area contributed by atoms with Gasteiger partial charge in [-0.1, -0.05) is 53.5 Å². The van der Waals surface area contributed by atoms with Gasteiger partial charge in [0.15, 0.2) is 0 Å². The van der Waals surface area contributed by atoms with Crippen LogP contribution in [0.25, 0.3) is 0 Å². The summed E-state index contributed by atoms with van der Waals surface area (Å²) in [6, 6.07) is 12.9. The number of hydrogen-bond acceptors (Lipinski definition) is 6. The summed E-state index contributed by atoms with van der Waals surface area (Å²) in [5.41, 5.74) is 5.03. The molecule has 0 saturated carbocycles. The van der Waals surface area contributed by atoms with Crippen molar-refractivity contribution < 1.29 is 4.79 Å². The maximum Gasteiger partial charge on any atom is 0.254 e. The zero-order valence-electron chi connectivity index (χ0n) is 19.8. The van der Waals surface area contributed by atoms with Gasteiger partial charge in [0, 0.05) is 50.5 Å². The second kappa shape index (κ2) is 11.7. The number of aryl methyl sites for hydroxylation is 1. The van der Waals surface area contributed by atoms with Crippen LogP contribution in [-0.2, 0) is 19.5 Å². The molecule has 0 fully saturated rings. The van der Waals surface area contributed by atoms with Gasteiger partial charge in [-0.2, -0.15) is 0 Å². The molecule has 2 aliphatic rings. The van der Waals surface area contributed by atoms with E-state index < -0.39 is 0 Å². The molecule has 3 heterocycles. The molecule has 1 unspecified atom stereocenters. The number of carbonyl (C=O) groups excluding carboxylic acids is 1. The van der Waals surface area contributed by atoms with E-state index in [9.17, 15) is 4.79 Å². The lowest BCUT2D eigenvalue weighted by Crippen LogP contribution is -2.34. The van der Waals surface area contributed by atoms with Crippen molar-refractivity contribution in [2.45, 2.75) is 38.4 Å². The highest BCUT2D eigenvalue weighted by atomic mass is 35.5. The van der Waals surface area contributed by atoms with Gasteiger partial charge in [0.2, 0.25) is 0 Å². The second-order valence-electron chi connectivity index (χ2n) is 8.96. The van der Waals surface area contributed by atoms with Crippen molar-refractivity contribution in [1.82, 2.24) is 20.2 Å². The normalized spacial score (nSPS) is 17.1. The van der Waals surface area contributed by atoms with E-state index in [2.05, 4.69) is 45.5 Å². The van der Waals surface area contributed by atoms with Crippen LogP contribution in [0.4, 0.5) is 0 Å². The predicted octanol–water partition coefficient (Wildman–Crippen LogP) is 5.74. The maximum atomic E-state index is 12.6. The van der Waals surface area contributed by atoms with Crippen molar-refractivity contribution in [3.05, 3.63) is 93.0 Å². The van der Waals surface area contributed by atoms with Crippen LogP contribution >= 0.6 is 35.0 Å². The number of halogens is 2. The predicted molar refractivity (Wildman–Crippen MR) is 147 cm³/mol. The van der Waals surface area contributed by atoms with Crippen LogP contribution in [0.15, 0.2) is 60.0 Å². The standard InChI is InChI=1S/C27H27Cl2N5OS/c28-21-14-30-15-22(29)25(21)27(35)33-13-18-6-8-19(9-7-18)16-34(17-24-31-11-12-36-24)23-5-1-3-20-4-2-10-32-26(20)23/h2,4,6-10,14-15,23H,1,3,5,11-13,16-17H2,(H,33,35). The van der Waals surface area contributed by atoms with E-state index in [-0.39, 0.29) is 27.6 Å². The number of nitrogens with zero attached hydrogens (tertiary/aromatic N) is 4. The maximum absolute atomic E-state index is 12.6. The van der Waals surface area contributed by atoms with Crippen molar-refractivity contribution in [2.75, 3.05) is 18.8 Å². The molecule has 0 spiro atoms. The Morgan fingerprint density at radius 1 is 1.08 bits per heavy atom. The van der Waals surface area contributed by atoms with Gasteiger partial charge in [0.1, 0.15) is 0 Å². The average Bonchev–Trinajstić information content (AvgIpc) is 3.41. The highest BCUT2D eigenvalue weighted by Gasteiger charge is 2.28. The Balaban J connectivity index is 1.28. The Morgan fingerprint density at radius 2 is 1.86 bits per heavy atom. The van der Waals surface area contributed by atoms with Crippen LogP contribution in [0.3, 0.4) is 0 Å². The van der Waals surface area contributed by atoms with Crippen LogP contribution in [0.1, 0.15) is 51.6 Å². The van der Waals surface area contributed by atoms with Crippen molar-refractivity contribution in [3.63, 3.8) is 0 Å². The van der Waals surface area contributed by atoms with Crippen LogP contribution in [0.2, 0.25) is 10.0 Å². The fraction of sp³-hybridized carbons (Fsp3) is 0.333. The molecule has 0 radical (unpaired) electrons. The van der Waals surface area contributed by atoms with E-state index in [0.29, 0.717) is 6.54 Å². The molecule has 1 aromatic carbocycles. The molecular formula is C27H27Cl2N5OS. The highest BCUT2D eigenvalue weighted by Crippen LogP contribution is 2.34. The van der Waals surface area contributed by atoms with Gasteiger partial charge in [-0.3, -0.25) is 24.7 Å². The number of fused-ring (bicyclic) bond motifs is 1. The largest absolute Gasteiger partial charge is 0.348 e. The molecule has 9 heteroatoms. The van der Waals surface area contributed by atoms with Crippen molar-refractivity contribution in [1.29, 1.82) is 0 Å². The van der Waals surface area contributed by atoms with Crippen molar-refractivity contribution in [3.8, 4) is 0 Å². The minimum absolute atomic E-state index is 0.235. The zero-order chi connectivity index (χ0) is 24.9. The summed E-state index contributed by atoms with van der Waals surface area (Å²) in [5, 5.41) is 4.58. The minimum atomic E-state index is -0.319. The number of thioether (sulfide) groups is 1. The van der Waals surface area contributed by atoms with Gasteiger partial charge in [0.05, 0.1) is 32.4 Å². The molecule has 0 bridgehead atoms. The third-order valence-corrected chi connectivity index (χ3v) is 8.09. The number of pyridine rings is 2. The number of aliphatic imine (C=N–C) groups is 1. The highest BCUT2D eigenvalue weighted by molar-refractivity contribution is 8.14. The number of carbonyl (C=O) groups is 1. The quantitative estimate of drug-likeness (QED) is 0.395. The molecule has 186 valence electrons. The Kier molecular flexibility index (Phi) is 8.22. The van der Waals surface area contributed by atoms with E-state index in [1.54, 1.807) is 0 Å². The Hall–Kier alpha value is -2.45. The molecule has 36 heavy (non-hydrogen) atoms. The molecular weight excluding hydrogens is 513 g/mol. The second-order valence-corrected chi connectivity index (χ2v) is 10.9. The molecule has 0 saturated heterocycles. The summed E-state index contributed by atoms with van der Waals surface area (Å²) in [5.74, 6) is 0.750. The van der Waals surface area contributed by atoms with Gasteiger partial charge in [0.25, 0.3) is 5.91 Å². The Labute approximate surface area is 225 Å². The molecule has 2 aromatic heterocycles. The van der Waals surface area contributed by atoms with Crippen molar-refractivity contribution in [2.24, 2.45) is 4.99 Å². The summed E-state index contributed by atoms with van der Waals surface area (Å²) in [7, 11) is 0. The fourth-order valence-electron chi connectivity index (χ4n) is 4.76. The van der Waals surface area contributed by atoms with Gasteiger partial charge in [-0.15, -0.1) is 11.8 Å². The molecule has 1 atom stereocenters. The molecule has 1 aliphatic heterocycles. The molecule has 1 N–H and O–H groups in total. The number of amides is 1. The average molecular weight is 541 g/mol. The number of aromatic nitrogens is 2. The van der Waals surface area contributed by atoms with Crippen LogP contribution in [0.5, 0.6) is 0 Å². The van der Waals surface area contributed by atoms with Crippen LogP contribution in [-0.4, -0.2) is 44.7 Å². The van der Waals surface area contributed by atoms with Crippen LogP contribution < -0.4 is 5.32 Å². The van der Waals surface area contributed by atoms with E-state index in [1.807, 2.05) is 24.0 Å². The molecule has 1 amide bonds. The Bertz CT molecular complexity index is 1250. The Morgan fingerprint density at radius 3 is 2.61 bits per heavy atom. The van der Waals surface area contributed by atoms with E-state index >= 15 is 0 Å². The first-order valence-corrected chi connectivity index (χ1v) is 13.8. The molecule has 3 aromatic rings. The fourth-order valence-corrected chi connectivity index (χ4v) is 6.16. The number of hydrogen-bond donors (Lipinski definition) is 1. The lowest BCUT2D eigenvalue weighted by molar-refractivity contribution is 0.0951. The third-order valence-electron chi connectivity index (χ3n) is 6.53. The monoisotopic (exact) mass is 539 g/mol. The van der Waals surface area contributed by atoms with Gasteiger partial charge in [-0.05, 0) is 42.0 Å². The lowest BCUT2D eigenvalue weighted by atomic mass is 9.90. The number of benzene rings is 1. The first-order chi connectivity index (χ1) is 17.6. The van der Waals surface area contributed by atoms with E-state index in [4.69, 9.17) is 33.2 Å². The van der Waals surface area contributed by atoms with Gasteiger partial charge >= 0.3 is 0 Å². The summed E-state index contributed by atoms with van der Waals surface area (Å²) in [6.45, 7) is 2.95. The third kappa shape index (κ3) is 5.92. The molecule has 6 nitrogen and oxygen atoms in total. The number of rotatable bonds is 8. The van der Waals surface area contributed by atoms with Gasteiger partial charge < -0.3 is 5.32 Å². The summed E-state index contributed by atoms with van der Waals surface area (Å²) >= 11 is 14.1. The van der Waals surface area contributed by atoms with Crippen LogP contribution in [0, 0.1) is 0 Å². The number of nitrogens with one attached hydrogen (secondary N) is 1.